The van der Waals surface area contributed by atoms with Crippen molar-refractivity contribution in [3.63, 3.8) is 0 Å². The summed E-state index contributed by atoms with van der Waals surface area (Å²) >= 11 is 0. The van der Waals surface area contributed by atoms with Gasteiger partial charge in [-0.2, -0.15) is 5.10 Å². The number of fused-ring (bicyclic) bond motifs is 1. The first kappa shape index (κ1) is 15.6. The molecular formula is C16H15N5O3. The zero-order valence-corrected chi connectivity index (χ0v) is 12.9. The second kappa shape index (κ2) is 6.86. The quantitative estimate of drug-likeness (QED) is 0.663. The lowest BCUT2D eigenvalue weighted by Gasteiger charge is -2.09. The predicted molar refractivity (Wildman–Crippen MR) is 87.1 cm³/mol. The highest BCUT2D eigenvalue weighted by molar-refractivity contribution is 5.94. The van der Waals surface area contributed by atoms with Crippen LogP contribution in [0.3, 0.4) is 0 Å². The Morgan fingerprint density at radius 1 is 1.29 bits per heavy atom. The molecular weight excluding hydrogens is 310 g/mol. The normalized spacial score (nSPS) is 11.9. The van der Waals surface area contributed by atoms with Crippen LogP contribution in [0.1, 0.15) is 6.92 Å². The van der Waals surface area contributed by atoms with Crippen LogP contribution >= 0.6 is 0 Å². The molecule has 0 spiro atoms. The summed E-state index contributed by atoms with van der Waals surface area (Å²) in [4.78, 5) is 29.7. The van der Waals surface area contributed by atoms with Gasteiger partial charge in [0.05, 0.1) is 11.9 Å². The van der Waals surface area contributed by atoms with E-state index in [-0.39, 0.29) is 6.10 Å². The van der Waals surface area contributed by atoms with Crippen LogP contribution in [0.25, 0.3) is 22.2 Å². The Bertz CT molecular complexity index is 863. The Kier molecular flexibility index (Phi) is 4.46. The zero-order valence-electron chi connectivity index (χ0n) is 12.9. The number of anilines is 1. The third-order valence-electron chi connectivity index (χ3n) is 3.51. The number of rotatable bonds is 7. The lowest BCUT2D eigenvalue weighted by molar-refractivity contribution is -0.133. The van der Waals surface area contributed by atoms with Gasteiger partial charge in [0.1, 0.15) is 6.10 Å². The average molecular weight is 325 g/mol. The Labute approximate surface area is 137 Å². The lowest BCUT2D eigenvalue weighted by Crippen LogP contribution is -2.17. The zero-order chi connectivity index (χ0) is 16.9. The number of nitrogens with one attached hydrogen (secondary N) is 1. The summed E-state index contributed by atoms with van der Waals surface area (Å²) in [5, 5.41) is 7.62. The van der Waals surface area contributed by atoms with Crippen molar-refractivity contribution in [2.24, 2.45) is 0 Å². The van der Waals surface area contributed by atoms with Crippen molar-refractivity contribution in [3.05, 3.63) is 36.8 Å². The van der Waals surface area contributed by atoms with Crippen molar-refractivity contribution in [1.29, 1.82) is 0 Å². The number of amides is 1. The van der Waals surface area contributed by atoms with E-state index in [2.05, 4.69) is 20.4 Å². The van der Waals surface area contributed by atoms with Crippen LogP contribution in [0.5, 0.6) is 0 Å². The molecule has 3 aromatic heterocycles. The fraction of sp³-hybridized carbons (Fsp3) is 0.188. The molecule has 1 amide bonds. The summed E-state index contributed by atoms with van der Waals surface area (Å²) in [6.07, 6.45) is 5.33. The van der Waals surface area contributed by atoms with Crippen LogP contribution in [0.4, 0.5) is 5.82 Å². The third kappa shape index (κ3) is 3.07. The number of hydrogen-bond donors (Lipinski definition) is 1. The molecule has 3 rings (SSSR count). The van der Waals surface area contributed by atoms with E-state index in [1.807, 2.05) is 18.2 Å². The van der Waals surface area contributed by atoms with Gasteiger partial charge >= 0.3 is 0 Å². The molecule has 1 unspecified atom stereocenters. The summed E-state index contributed by atoms with van der Waals surface area (Å²) in [6.45, 7) is 2.48. The maximum Gasteiger partial charge on any atom is 0.293 e. The number of nitrogens with zero attached hydrogens (tertiary/aromatic N) is 4. The average Bonchev–Trinajstić information content (AvgIpc) is 2.93. The van der Waals surface area contributed by atoms with Gasteiger partial charge in [0.25, 0.3) is 6.47 Å². The molecule has 0 aliphatic rings. The summed E-state index contributed by atoms with van der Waals surface area (Å²) in [7, 11) is 0. The summed E-state index contributed by atoms with van der Waals surface area (Å²) in [5.41, 5.74) is 2.44. The molecule has 1 N–H and O–H groups in total. The van der Waals surface area contributed by atoms with Gasteiger partial charge in [-0.25, -0.2) is 9.67 Å². The van der Waals surface area contributed by atoms with Gasteiger partial charge in [-0.15, -0.1) is 0 Å². The Hall–Kier alpha value is -3.29. The van der Waals surface area contributed by atoms with Crippen LogP contribution < -0.4 is 5.32 Å². The molecule has 0 aliphatic heterocycles. The number of aromatic nitrogens is 4. The van der Waals surface area contributed by atoms with Gasteiger partial charge in [-0.3, -0.25) is 14.6 Å². The minimum Gasteiger partial charge on any atom is -0.463 e. The van der Waals surface area contributed by atoms with E-state index in [0.29, 0.717) is 36.3 Å². The summed E-state index contributed by atoms with van der Waals surface area (Å²) in [5.74, 6) is 0.404. The molecule has 122 valence electrons. The highest BCUT2D eigenvalue weighted by atomic mass is 16.5. The van der Waals surface area contributed by atoms with E-state index in [4.69, 9.17) is 4.74 Å². The lowest BCUT2D eigenvalue weighted by atomic mass is 10.1. The highest BCUT2D eigenvalue weighted by Gasteiger charge is 2.15. The molecule has 1 atom stereocenters. The van der Waals surface area contributed by atoms with E-state index in [0.717, 1.165) is 11.1 Å². The van der Waals surface area contributed by atoms with Gasteiger partial charge in [-0.1, -0.05) is 0 Å². The number of carbonyl (C=O) groups excluding carboxylic acids is 2. The molecule has 0 aromatic carbocycles. The fourth-order valence-electron chi connectivity index (χ4n) is 2.43. The van der Waals surface area contributed by atoms with Crippen LogP contribution in [0, 0.1) is 0 Å². The van der Waals surface area contributed by atoms with Crippen LogP contribution in [-0.2, 0) is 20.9 Å². The van der Waals surface area contributed by atoms with Crippen molar-refractivity contribution >= 4 is 29.7 Å². The highest BCUT2D eigenvalue weighted by Crippen LogP contribution is 2.27. The monoisotopic (exact) mass is 325 g/mol. The van der Waals surface area contributed by atoms with Gasteiger partial charge in [-0.05, 0) is 30.7 Å². The largest absolute Gasteiger partial charge is 0.463 e. The predicted octanol–water partition coefficient (Wildman–Crippen LogP) is 1.62. The maximum atomic E-state index is 10.8. The van der Waals surface area contributed by atoms with Gasteiger partial charge in [0.2, 0.25) is 6.41 Å². The van der Waals surface area contributed by atoms with Crippen molar-refractivity contribution < 1.29 is 14.3 Å². The van der Waals surface area contributed by atoms with Crippen LogP contribution in [0.15, 0.2) is 36.8 Å². The minimum absolute atomic E-state index is 0.331. The molecule has 3 heterocycles. The second-order valence-corrected chi connectivity index (χ2v) is 5.17. The molecule has 24 heavy (non-hydrogen) atoms. The van der Waals surface area contributed by atoms with Crippen molar-refractivity contribution in [1.82, 2.24) is 19.7 Å². The molecule has 0 saturated carbocycles. The van der Waals surface area contributed by atoms with E-state index in [1.165, 1.54) is 0 Å². The molecule has 8 nitrogen and oxygen atoms in total. The number of hydrogen-bond acceptors (Lipinski definition) is 6. The van der Waals surface area contributed by atoms with E-state index in [9.17, 15) is 9.59 Å². The third-order valence-corrected chi connectivity index (χ3v) is 3.51. The maximum absolute atomic E-state index is 10.8. The first-order chi connectivity index (χ1) is 11.7. The Morgan fingerprint density at radius 3 is 2.79 bits per heavy atom. The summed E-state index contributed by atoms with van der Waals surface area (Å²) < 4.78 is 6.49. The van der Waals surface area contributed by atoms with Gasteiger partial charge < -0.3 is 10.1 Å². The first-order valence-electron chi connectivity index (χ1n) is 7.29. The van der Waals surface area contributed by atoms with Crippen LogP contribution in [-0.4, -0.2) is 38.7 Å². The second-order valence-electron chi connectivity index (χ2n) is 5.17. The van der Waals surface area contributed by atoms with Gasteiger partial charge in [0.15, 0.2) is 11.5 Å². The van der Waals surface area contributed by atoms with Crippen molar-refractivity contribution in [3.8, 4) is 11.1 Å². The number of ether oxygens (including phenoxy) is 1. The van der Waals surface area contributed by atoms with E-state index in [1.54, 1.807) is 30.2 Å². The van der Waals surface area contributed by atoms with Crippen molar-refractivity contribution in [2.75, 3.05) is 5.32 Å². The molecule has 0 bridgehead atoms. The number of pyridine rings is 2. The van der Waals surface area contributed by atoms with E-state index < -0.39 is 0 Å². The Morgan fingerprint density at radius 2 is 2.08 bits per heavy atom. The van der Waals surface area contributed by atoms with Crippen LogP contribution in [0.2, 0.25) is 0 Å². The molecule has 3 aromatic rings. The topological polar surface area (TPSA) is 99.0 Å². The molecule has 0 radical (unpaired) electrons. The smallest absolute Gasteiger partial charge is 0.293 e. The minimum atomic E-state index is -0.364. The SMILES string of the molecule is CC(Cn1nc(NC=O)c2cc(-c3ccncc3)cnc21)OC=O. The standard InChI is InChI=1S/C16H15N5O3/c1-11(24-10-23)8-21-16-14(15(20-21)19-9-22)6-13(7-18-16)12-2-4-17-5-3-12/h2-7,9-11H,8H2,1H3,(H,19,20,22). The Balaban J connectivity index is 2.06. The molecule has 8 heteroatoms. The van der Waals surface area contributed by atoms with E-state index >= 15 is 0 Å². The number of carbonyl (C=O) groups is 2. The molecule has 0 fully saturated rings. The molecule has 0 aliphatic carbocycles. The molecule has 0 saturated heterocycles. The fourth-order valence-corrected chi connectivity index (χ4v) is 2.43. The van der Waals surface area contributed by atoms with Gasteiger partial charge in [0, 0.05) is 24.2 Å². The van der Waals surface area contributed by atoms with Crippen molar-refractivity contribution in [2.45, 2.75) is 19.6 Å². The summed E-state index contributed by atoms with van der Waals surface area (Å²) in [6, 6.07) is 5.65. The first-order valence-corrected chi connectivity index (χ1v) is 7.29.